The molecular formula is C18H28N6O3. The maximum atomic E-state index is 10.6. The number of nitrogen functional groups attached to an aromatic ring is 1. The fourth-order valence-corrected chi connectivity index (χ4v) is 4.38. The molecule has 9 nitrogen and oxygen atoms in total. The number of nitrogens with zero attached hydrogens (tertiary/aromatic N) is 5. The van der Waals surface area contributed by atoms with Gasteiger partial charge in [-0.15, -0.1) is 0 Å². The topological polar surface area (TPSA) is 123 Å². The number of nitrogens with two attached hydrogens (primary N) is 1. The Morgan fingerprint density at radius 1 is 1.22 bits per heavy atom. The van der Waals surface area contributed by atoms with Crippen LogP contribution in [-0.4, -0.2) is 72.1 Å². The minimum absolute atomic E-state index is 0.277. The standard InChI is InChI=1S/C18H28N6O3/c1-2-7-23(11-5-3-4-6-11)8-12-14(25)15(26)18(27-12)24-10-22-13-16(19)20-9-21-17(13)24/h9-12,14-15,18,25-26H,2-8H2,1H3,(H2,19,20,21)/t12-,14-,15-,18-/m1/s1. The molecule has 3 heterocycles. The molecule has 27 heavy (non-hydrogen) atoms. The number of hydrogen-bond donors (Lipinski definition) is 3. The molecule has 2 aromatic heterocycles. The van der Waals surface area contributed by atoms with E-state index in [0.29, 0.717) is 23.8 Å². The molecule has 4 rings (SSSR count). The smallest absolute Gasteiger partial charge is 0.167 e. The van der Waals surface area contributed by atoms with Crippen LogP contribution in [0.25, 0.3) is 11.2 Å². The molecule has 0 amide bonds. The molecule has 0 spiro atoms. The molecule has 0 unspecified atom stereocenters. The summed E-state index contributed by atoms with van der Waals surface area (Å²) in [5, 5.41) is 21.2. The predicted molar refractivity (Wildman–Crippen MR) is 99.8 cm³/mol. The molecule has 2 aromatic rings. The van der Waals surface area contributed by atoms with E-state index in [4.69, 9.17) is 10.5 Å². The highest BCUT2D eigenvalue weighted by Gasteiger charge is 2.45. The molecule has 0 bridgehead atoms. The predicted octanol–water partition coefficient (Wildman–Crippen LogP) is 0.682. The van der Waals surface area contributed by atoms with Gasteiger partial charge in [-0.25, -0.2) is 15.0 Å². The zero-order chi connectivity index (χ0) is 19.0. The molecule has 4 N–H and O–H groups in total. The molecule has 4 atom stereocenters. The highest BCUT2D eigenvalue weighted by Crippen LogP contribution is 2.33. The van der Waals surface area contributed by atoms with Gasteiger partial charge in [-0.05, 0) is 25.8 Å². The average Bonchev–Trinajstić information content (AvgIpc) is 3.38. The summed E-state index contributed by atoms with van der Waals surface area (Å²) in [6, 6.07) is 0.540. The van der Waals surface area contributed by atoms with E-state index in [1.54, 1.807) is 4.57 Å². The Morgan fingerprint density at radius 2 is 2.00 bits per heavy atom. The zero-order valence-corrected chi connectivity index (χ0v) is 15.6. The van der Waals surface area contributed by atoms with Gasteiger partial charge in [-0.3, -0.25) is 9.47 Å². The van der Waals surface area contributed by atoms with Crippen LogP contribution < -0.4 is 5.73 Å². The van der Waals surface area contributed by atoms with Gasteiger partial charge in [0.05, 0.1) is 6.33 Å². The lowest BCUT2D eigenvalue weighted by Gasteiger charge is -2.31. The van der Waals surface area contributed by atoms with Gasteiger partial charge in [-0.1, -0.05) is 19.8 Å². The van der Waals surface area contributed by atoms with Crippen LogP contribution >= 0.6 is 0 Å². The van der Waals surface area contributed by atoms with Gasteiger partial charge in [0, 0.05) is 12.6 Å². The fourth-order valence-electron chi connectivity index (χ4n) is 4.38. The van der Waals surface area contributed by atoms with E-state index in [-0.39, 0.29) is 5.82 Å². The zero-order valence-electron chi connectivity index (χ0n) is 15.6. The van der Waals surface area contributed by atoms with Crippen LogP contribution in [0.2, 0.25) is 0 Å². The second kappa shape index (κ2) is 7.67. The molecule has 0 radical (unpaired) electrons. The third-order valence-corrected chi connectivity index (χ3v) is 5.76. The van der Waals surface area contributed by atoms with Crippen molar-refractivity contribution in [2.75, 3.05) is 18.8 Å². The monoisotopic (exact) mass is 376 g/mol. The summed E-state index contributed by atoms with van der Waals surface area (Å²) in [5.74, 6) is 0.277. The van der Waals surface area contributed by atoms with Crippen molar-refractivity contribution < 1.29 is 14.9 Å². The van der Waals surface area contributed by atoms with E-state index in [0.717, 1.165) is 13.0 Å². The number of rotatable bonds is 6. The molecule has 2 aliphatic rings. The van der Waals surface area contributed by atoms with Crippen LogP contribution in [-0.2, 0) is 4.74 Å². The van der Waals surface area contributed by atoms with Gasteiger partial charge < -0.3 is 20.7 Å². The van der Waals surface area contributed by atoms with Crippen molar-refractivity contribution in [2.24, 2.45) is 0 Å². The number of hydrogen-bond acceptors (Lipinski definition) is 8. The van der Waals surface area contributed by atoms with Gasteiger partial charge >= 0.3 is 0 Å². The Hall–Kier alpha value is -1.81. The number of aromatic nitrogens is 4. The van der Waals surface area contributed by atoms with E-state index in [1.807, 2.05) is 0 Å². The molecule has 2 fully saturated rings. The first-order valence-electron chi connectivity index (χ1n) is 9.78. The van der Waals surface area contributed by atoms with Crippen molar-refractivity contribution in [1.29, 1.82) is 0 Å². The number of anilines is 1. The third kappa shape index (κ3) is 3.40. The van der Waals surface area contributed by atoms with E-state index in [1.165, 1.54) is 38.3 Å². The Bertz CT molecular complexity index is 778. The number of fused-ring (bicyclic) bond motifs is 1. The molecule has 1 aliphatic carbocycles. The van der Waals surface area contributed by atoms with Crippen LogP contribution in [0.3, 0.4) is 0 Å². The molecule has 1 aliphatic heterocycles. The van der Waals surface area contributed by atoms with E-state index >= 15 is 0 Å². The molecule has 1 saturated heterocycles. The Kier molecular flexibility index (Phi) is 5.27. The first-order chi connectivity index (χ1) is 13.1. The summed E-state index contributed by atoms with van der Waals surface area (Å²) >= 11 is 0. The van der Waals surface area contributed by atoms with Gasteiger partial charge in [0.15, 0.2) is 17.7 Å². The van der Waals surface area contributed by atoms with E-state index in [9.17, 15) is 10.2 Å². The summed E-state index contributed by atoms with van der Waals surface area (Å²) in [6.45, 7) is 3.74. The summed E-state index contributed by atoms with van der Waals surface area (Å²) in [4.78, 5) is 14.8. The van der Waals surface area contributed by atoms with Crippen molar-refractivity contribution in [1.82, 2.24) is 24.4 Å². The SMILES string of the molecule is CCCN(C[C@H]1O[C@@H](n2cnc3c(N)ncnc32)[C@H](O)[C@@H]1O)C1CCCC1. The van der Waals surface area contributed by atoms with Crippen LogP contribution in [0.5, 0.6) is 0 Å². The lowest BCUT2D eigenvalue weighted by molar-refractivity contribution is -0.0478. The van der Waals surface area contributed by atoms with Crippen LogP contribution in [0.15, 0.2) is 12.7 Å². The van der Waals surface area contributed by atoms with Crippen LogP contribution in [0.4, 0.5) is 5.82 Å². The number of ether oxygens (including phenoxy) is 1. The number of imidazole rings is 1. The van der Waals surface area contributed by atoms with Crippen LogP contribution in [0.1, 0.15) is 45.3 Å². The maximum Gasteiger partial charge on any atom is 0.167 e. The molecule has 0 aromatic carbocycles. The van der Waals surface area contributed by atoms with Crippen molar-refractivity contribution in [3.63, 3.8) is 0 Å². The highest BCUT2D eigenvalue weighted by atomic mass is 16.6. The second-order valence-corrected chi connectivity index (χ2v) is 7.56. The van der Waals surface area contributed by atoms with E-state index < -0.39 is 24.5 Å². The first-order valence-corrected chi connectivity index (χ1v) is 9.78. The Morgan fingerprint density at radius 3 is 2.74 bits per heavy atom. The molecule has 148 valence electrons. The van der Waals surface area contributed by atoms with Gasteiger partial charge in [0.2, 0.25) is 0 Å². The van der Waals surface area contributed by atoms with Crippen molar-refractivity contribution >= 4 is 17.0 Å². The van der Waals surface area contributed by atoms with Gasteiger partial charge in [0.25, 0.3) is 0 Å². The lowest BCUT2D eigenvalue weighted by atomic mass is 10.1. The molecule has 1 saturated carbocycles. The highest BCUT2D eigenvalue weighted by molar-refractivity contribution is 5.81. The van der Waals surface area contributed by atoms with Crippen molar-refractivity contribution in [3.05, 3.63) is 12.7 Å². The average molecular weight is 376 g/mol. The minimum atomic E-state index is -1.06. The third-order valence-electron chi connectivity index (χ3n) is 5.76. The van der Waals surface area contributed by atoms with Gasteiger partial charge in [-0.2, -0.15) is 0 Å². The largest absolute Gasteiger partial charge is 0.387 e. The fraction of sp³-hybridized carbons (Fsp3) is 0.722. The van der Waals surface area contributed by atoms with Crippen molar-refractivity contribution in [3.8, 4) is 0 Å². The summed E-state index contributed by atoms with van der Waals surface area (Å²) < 4.78 is 7.72. The minimum Gasteiger partial charge on any atom is -0.387 e. The van der Waals surface area contributed by atoms with Crippen molar-refractivity contribution in [2.45, 2.75) is 69.6 Å². The second-order valence-electron chi connectivity index (χ2n) is 7.56. The quantitative estimate of drug-likeness (QED) is 0.673. The van der Waals surface area contributed by atoms with Gasteiger partial charge in [0.1, 0.15) is 30.2 Å². The number of aliphatic hydroxyl groups excluding tert-OH is 2. The Labute approximate surface area is 158 Å². The normalized spacial score (nSPS) is 29.3. The summed E-state index contributed by atoms with van der Waals surface area (Å²) in [6.07, 6.45) is 5.59. The van der Waals surface area contributed by atoms with Crippen LogP contribution in [0, 0.1) is 0 Å². The Balaban J connectivity index is 1.54. The first kappa shape index (κ1) is 18.5. The molecule has 9 heteroatoms. The summed E-state index contributed by atoms with van der Waals surface area (Å²) in [7, 11) is 0. The lowest BCUT2D eigenvalue weighted by Crippen LogP contribution is -2.44. The maximum absolute atomic E-state index is 10.6. The molecular weight excluding hydrogens is 348 g/mol. The van der Waals surface area contributed by atoms with E-state index in [2.05, 4.69) is 26.8 Å². The number of aliphatic hydroxyl groups is 2. The summed E-state index contributed by atoms with van der Waals surface area (Å²) in [5.41, 5.74) is 6.79.